The zero-order chi connectivity index (χ0) is 14.5. The maximum Gasteiger partial charge on any atom is 0.405 e. The van der Waals surface area contributed by atoms with Crippen LogP contribution in [0.3, 0.4) is 0 Å². The van der Waals surface area contributed by atoms with E-state index < -0.39 is 12.7 Å². The largest absolute Gasteiger partial charge is 0.405 e. The second kappa shape index (κ2) is 6.58. The highest BCUT2D eigenvalue weighted by Crippen LogP contribution is 2.27. The van der Waals surface area contributed by atoms with Crippen molar-refractivity contribution in [2.75, 3.05) is 30.4 Å². The Kier molecular flexibility index (Phi) is 5.38. The van der Waals surface area contributed by atoms with Gasteiger partial charge in [-0.2, -0.15) is 13.2 Å². The van der Waals surface area contributed by atoms with Gasteiger partial charge in [0.2, 0.25) is 0 Å². The minimum Gasteiger partial charge on any atom is -0.373 e. The van der Waals surface area contributed by atoms with E-state index in [4.69, 9.17) is 0 Å². The lowest BCUT2D eigenvalue weighted by atomic mass is 10.2. The number of alkyl halides is 3. The van der Waals surface area contributed by atoms with E-state index in [1.54, 1.807) is 7.05 Å². The van der Waals surface area contributed by atoms with Crippen LogP contribution in [0.2, 0.25) is 0 Å². The van der Waals surface area contributed by atoms with Crippen molar-refractivity contribution in [1.29, 1.82) is 0 Å². The summed E-state index contributed by atoms with van der Waals surface area (Å²) in [6.45, 7) is 3.04. The number of hydrogen-bond donors (Lipinski definition) is 1. The molecule has 7 heteroatoms. The van der Waals surface area contributed by atoms with Crippen molar-refractivity contribution in [3.8, 4) is 0 Å². The van der Waals surface area contributed by atoms with E-state index in [-0.39, 0.29) is 0 Å². The number of nitrogens with zero attached hydrogens (tertiary/aromatic N) is 3. The van der Waals surface area contributed by atoms with Gasteiger partial charge < -0.3 is 10.2 Å². The van der Waals surface area contributed by atoms with Crippen molar-refractivity contribution in [1.82, 2.24) is 9.97 Å². The molecule has 4 nitrogen and oxygen atoms in total. The van der Waals surface area contributed by atoms with E-state index in [1.807, 2.05) is 13.8 Å². The third-order valence-electron chi connectivity index (χ3n) is 2.68. The van der Waals surface area contributed by atoms with Crippen LogP contribution in [0.1, 0.15) is 25.8 Å². The molecular formula is C12H19F3N4. The molecule has 0 atom stereocenters. The third-order valence-corrected chi connectivity index (χ3v) is 2.68. The molecule has 0 radical (unpaired) electrons. The van der Waals surface area contributed by atoms with Gasteiger partial charge in [-0.05, 0) is 12.8 Å². The summed E-state index contributed by atoms with van der Waals surface area (Å²) in [6.07, 6.45) is -1.76. The van der Waals surface area contributed by atoms with Gasteiger partial charge >= 0.3 is 6.18 Å². The van der Waals surface area contributed by atoms with Crippen LogP contribution in [0.15, 0.2) is 6.33 Å². The van der Waals surface area contributed by atoms with E-state index in [9.17, 15) is 13.2 Å². The minimum atomic E-state index is -4.25. The van der Waals surface area contributed by atoms with Gasteiger partial charge in [0.05, 0.1) is 0 Å². The Morgan fingerprint density at radius 1 is 1.26 bits per heavy atom. The Hall–Kier alpha value is -1.53. The molecule has 0 saturated heterocycles. The maximum absolute atomic E-state index is 12.6. The van der Waals surface area contributed by atoms with Gasteiger partial charge in [0.1, 0.15) is 24.5 Å². The van der Waals surface area contributed by atoms with Gasteiger partial charge in [0.25, 0.3) is 0 Å². The van der Waals surface area contributed by atoms with Crippen LogP contribution >= 0.6 is 0 Å². The van der Waals surface area contributed by atoms with Gasteiger partial charge in [-0.3, -0.25) is 0 Å². The SMILES string of the molecule is CCCN(CC(F)(F)F)c1ncnc(NC)c1CC. The lowest BCUT2D eigenvalue weighted by Gasteiger charge is -2.26. The lowest BCUT2D eigenvalue weighted by molar-refractivity contribution is -0.119. The Morgan fingerprint density at radius 3 is 2.42 bits per heavy atom. The second-order valence-electron chi connectivity index (χ2n) is 4.16. The molecule has 1 aromatic heterocycles. The quantitative estimate of drug-likeness (QED) is 0.867. The highest BCUT2D eigenvalue weighted by Gasteiger charge is 2.32. The van der Waals surface area contributed by atoms with Gasteiger partial charge in [-0.25, -0.2) is 9.97 Å². The molecule has 1 heterocycles. The van der Waals surface area contributed by atoms with E-state index in [2.05, 4.69) is 15.3 Å². The summed E-state index contributed by atoms with van der Waals surface area (Å²) in [6, 6.07) is 0. The Bertz CT molecular complexity index is 406. The van der Waals surface area contributed by atoms with Crippen LogP contribution in [0, 0.1) is 0 Å². The molecule has 0 bridgehead atoms. The van der Waals surface area contributed by atoms with E-state index in [0.717, 1.165) is 0 Å². The summed E-state index contributed by atoms with van der Waals surface area (Å²) < 4.78 is 37.9. The van der Waals surface area contributed by atoms with Gasteiger partial charge in [-0.15, -0.1) is 0 Å². The topological polar surface area (TPSA) is 41.1 Å². The molecular weight excluding hydrogens is 257 g/mol. The van der Waals surface area contributed by atoms with Crippen molar-refractivity contribution >= 4 is 11.6 Å². The number of nitrogens with one attached hydrogen (secondary N) is 1. The molecule has 0 aliphatic heterocycles. The monoisotopic (exact) mass is 276 g/mol. The minimum absolute atomic E-state index is 0.312. The van der Waals surface area contributed by atoms with Crippen LogP contribution in [0.25, 0.3) is 0 Å². The fourth-order valence-electron chi connectivity index (χ4n) is 1.96. The van der Waals surface area contributed by atoms with Crippen LogP contribution in [0.4, 0.5) is 24.8 Å². The highest BCUT2D eigenvalue weighted by atomic mass is 19.4. The van der Waals surface area contributed by atoms with E-state index in [0.29, 0.717) is 36.6 Å². The fourth-order valence-corrected chi connectivity index (χ4v) is 1.96. The van der Waals surface area contributed by atoms with Crippen molar-refractivity contribution in [2.24, 2.45) is 0 Å². The molecule has 0 aliphatic rings. The Morgan fingerprint density at radius 2 is 1.95 bits per heavy atom. The molecule has 0 aromatic carbocycles. The summed E-state index contributed by atoms with van der Waals surface area (Å²) in [5, 5.41) is 2.89. The first-order chi connectivity index (χ1) is 8.92. The molecule has 1 aromatic rings. The first-order valence-corrected chi connectivity index (χ1v) is 6.26. The van der Waals surface area contributed by atoms with Gasteiger partial charge in [0, 0.05) is 19.2 Å². The van der Waals surface area contributed by atoms with Crippen LogP contribution < -0.4 is 10.2 Å². The van der Waals surface area contributed by atoms with Crippen molar-refractivity contribution < 1.29 is 13.2 Å². The van der Waals surface area contributed by atoms with Gasteiger partial charge in [-0.1, -0.05) is 13.8 Å². The standard InChI is InChI=1S/C12H19F3N4/c1-4-6-19(7-12(13,14)15)11-9(5-2)10(16-3)17-8-18-11/h8H,4-7H2,1-3H3,(H,16,17,18). The Balaban J connectivity index is 3.14. The van der Waals surface area contributed by atoms with E-state index in [1.165, 1.54) is 11.2 Å². The molecule has 0 aliphatic carbocycles. The number of anilines is 2. The molecule has 1 N–H and O–H groups in total. The van der Waals surface area contributed by atoms with Crippen molar-refractivity contribution in [2.45, 2.75) is 32.9 Å². The van der Waals surface area contributed by atoms with Crippen LogP contribution in [0.5, 0.6) is 0 Å². The Labute approximate surface area is 111 Å². The normalized spacial score (nSPS) is 11.5. The average molecular weight is 276 g/mol. The van der Waals surface area contributed by atoms with Crippen molar-refractivity contribution in [3.05, 3.63) is 11.9 Å². The number of hydrogen-bond acceptors (Lipinski definition) is 4. The molecule has 0 amide bonds. The molecule has 0 fully saturated rings. The van der Waals surface area contributed by atoms with Gasteiger partial charge in [0.15, 0.2) is 0 Å². The second-order valence-corrected chi connectivity index (χ2v) is 4.16. The summed E-state index contributed by atoms with van der Waals surface area (Å²) in [7, 11) is 1.69. The molecule has 19 heavy (non-hydrogen) atoms. The number of aromatic nitrogens is 2. The summed E-state index contributed by atoms with van der Waals surface area (Å²) in [5.74, 6) is 0.941. The van der Waals surface area contributed by atoms with Crippen LogP contribution in [-0.4, -0.2) is 36.3 Å². The summed E-state index contributed by atoms with van der Waals surface area (Å²) in [4.78, 5) is 9.34. The first-order valence-electron chi connectivity index (χ1n) is 6.26. The number of rotatable bonds is 6. The smallest absolute Gasteiger partial charge is 0.373 e. The molecule has 0 saturated carbocycles. The fraction of sp³-hybridized carbons (Fsp3) is 0.667. The molecule has 0 spiro atoms. The zero-order valence-corrected chi connectivity index (χ0v) is 11.4. The first kappa shape index (κ1) is 15.5. The van der Waals surface area contributed by atoms with Crippen LogP contribution in [-0.2, 0) is 6.42 Å². The molecule has 1 rings (SSSR count). The summed E-state index contributed by atoms with van der Waals surface area (Å²) >= 11 is 0. The maximum atomic E-state index is 12.6. The predicted molar refractivity (Wildman–Crippen MR) is 69.5 cm³/mol. The molecule has 108 valence electrons. The summed E-state index contributed by atoms with van der Waals surface area (Å²) in [5.41, 5.74) is 0.711. The predicted octanol–water partition coefficient (Wildman–Crippen LogP) is 2.86. The lowest BCUT2D eigenvalue weighted by Crippen LogP contribution is -2.36. The highest BCUT2D eigenvalue weighted by molar-refractivity contribution is 5.58. The van der Waals surface area contributed by atoms with Crippen molar-refractivity contribution in [3.63, 3.8) is 0 Å². The number of halogens is 3. The average Bonchev–Trinajstić information content (AvgIpc) is 2.35. The zero-order valence-electron chi connectivity index (χ0n) is 11.4. The van der Waals surface area contributed by atoms with E-state index >= 15 is 0 Å². The molecule has 0 unspecified atom stereocenters. The third kappa shape index (κ3) is 4.25.